The molecule has 0 unspecified atom stereocenters. The Kier molecular flexibility index (Phi) is 6.55. The summed E-state index contributed by atoms with van der Waals surface area (Å²) in [6.45, 7) is 6.70. The Balaban J connectivity index is 1.93. The molecule has 0 aliphatic carbocycles. The summed E-state index contributed by atoms with van der Waals surface area (Å²) in [5.74, 6) is 1.83. The fourth-order valence-corrected chi connectivity index (χ4v) is 2.17. The normalized spacial score (nSPS) is 10.5. The number of carbonyl (C=O) groups is 1. The number of nitrogens with zero attached hydrogens (tertiary/aromatic N) is 4. The first kappa shape index (κ1) is 19.2. The molecule has 0 fully saturated rings. The maximum atomic E-state index is 12.3. The van der Waals surface area contributed by atoms with E-state index in [4.69, 9.17) is 9.26 Å². The van der Waals surface area contributed by atoms with Crippen LogP contribution in [0.25, 0.3) is 0 Å². The summed E-state index contributed by atoms with van der Waals surface area (Å²) in [5.41, 5.74) is 0.906. The van der Waals surface area contributed by atoms with Crippen LogP contribution in [0.1, 0.15) is 44.0 Å². The summed E-state index contributed by atoms with van der Waals surface area (Å²) in [6, 6.07) is 6.74. The van der Waals surface area contributed by atoms with Crippen molar-refractivity contribution < 1.29 is 14.1 Å². The number of nitrogens with one attached hydrogen (secondary N) is 1. The molecule has 0 spiro atoms. The van der Waals surface area contributed by atoms with Crippen LogP contribution in [0.4, 0.5) is 10.5 Å². The van der Waals surface area contributed by atoms with E-state index in [9.17, 15) is 10.1 Å². The quantitative estimate of drug-likeness (QED) is 0.816. The molecule has 2 amide bonds. The lowest BCUT2D eigenvalue weighted by Crippen LogP contribution is -2.33. The lowest BCUT2D eigenvalue weighted by atomic mass is 10.2. The maximum Gasteiger partial charge on any atom is 0.321 e. The number of hydrogen-bond donors (Lipinski definition) is 1. The lowest BCUT2D eigenvalue weighted by molar-refractivity contribution is 0.222. The Morgan fingerprint density at radius 2 is 2.23 bits per heavy atom. The molecule has 8 nitrogen and oxygen atoms in total. The number of hydrogen-bond acceptors (Lipinski definition) is 6. The SMILES string of the molecule is CCOc1ccc(NC(=O)N(C)CCc2noc(C(C)C)n2)cc1C#N. The van der Waals surface area contributed by atoms with Crippen LogP contribution in [0.2, 0.25) is 0 Å². The third-order valence-corrected chi connectivity index (χ3v) is 3.65. The number of rotatable bonds is 7. The van der Waals surface area contributed by atoms with Gasteiger partial charge in [0, 0.05) is 31.6 Å². The standard InChI is InChI=1S/C18H23N5O3/c1-5-25-15-7-6-14(10-13(15)11-19)20-18(24)23(4)9-8-16-21-17(12(2)3)26-22-16/h6-7,10,12H,5,8-9H2,1-4H3,(H,20,24). The topological polar surface area (TPSA) is 104 Å². The molecule has 8 heteroatoms. The Morgan fingerprint density at radius 3 is 2.85 bits per heavy atom. The van der Waals surface area contributed by atoms with Crippen molar-refractivity contribution in [3.63, 3.8) is 0 Å². The Bertz CT molecular complexity index is 794. The second-order valence-corrected chi connectivity index (χ2v) is 6.06. The molecule has 2 aromatic rings. The summed E-state index contributed by atoms with van der Waals surface area (Å²) in [4.78, 5) is 18.1. The summed E-state index contributed by atoms with van der Waals surface area (Å²) >= 11 is 0. The van der Waals surface area contributed by atoms with E-state index in [1.54, 1.807) is 25.2 Å². The second-order valence-electron chi connectivity index (χ2n) is 6.06. The van der Waals surface area contributed by atoms with Crippen molar-refractivity contribution in [1.82, 2.24) is 15.0 Å². The van der Waals surface area contributed by atoms with Crippen molar-refractivity contribution in [3.05, 3.63) is 35.5 Å². The fourth-order valence-electron chi connectivity index (χ4n) is 2.17. The molecule has 0 atom stereocenters. The van der Waals surface area contributed by atoms with Crippen molar-refractivity contribution in [2.45, 2.75) is 33.1 Å². The smallest absolute Gasteiger partial charge is 0.321 e. The maximum absolute atomic E-state index is 12.3. The van der Waals surface area contributed by atoms with Gasteiger partial charge >= 0.3 is 6.03 Å². The molecule has 1 aromatic carbocycles. The third kappa shape index (κ3) is 4.96. The van der Waals surface area contributed by atoms with E-state index in [0.717, 1.165) is 0 Å². The van der Waals surface area contributed by atoms with Crippen molar-refractivity contribution >= 4 is 11.7 Å². The van der Waals surface area contributed by atoms with Gasteiger partial charge in [0.05, 0.1) is 12.2 Å². The van der Waals surface area contributed by atoms with E-state index in [-0.39, 0.29) is 11.9 Å². The molecular formula is C18H23N5O3. The minimum atomic E-state index is -0.286. The third-order valence-electron chi connectivity index (χ3n) is 3.65. The van der Waals surface area contributed by atoms with Crippen LogP contribution >= 0.6 is 0 Å². The highest BCUT2D eigenvalue weighted by atomic mass is 16.5. The number of benzene rings is 1. The van der Waals surface area contributed by atoms with Crippen molar-refractivity contribution in [2.75, 3.05) is 25.5 Å². The minimum Gasteiger partial charge on any atom is -0.492 e. The number of carbonyl (C=O) groups excluding carboxylic acids is 1. The molecule has 26 heavy (non-hydrogen) atoms. The van der Waals surface area contributed by atoms with Gasteiger partial charge in [0.1, 0.15) is 11.8 Å². The van der Waals surface area contributed by atoms with Crippen LogP contribution in [-0.4, -0.2) is 41.3 Å². The second kappa shape index (κ2) is 8.85. The predicted octanol–water partition coefficient (Wildman–Crippen LogP) is 3.17. The van der Waals surface area contributed by atoms with Gasteiger partial charge in [-0.2, -0.15) is 10.2 Å². The first-order chi connectivity index (χ1) is 12.4. The van der Waals surface area contributed by atoms with E-state index < -0.39 is 0 Å². The van der Waals surface area contributed by atoms with E-state index in [0.29, 0.717) is 48.3 Å². The van der Waals surface area contributed by atoms with Crippen molar-refractivity contribution in [3.8, 4) is 11.8 Å². The van der Waals surface area contributed by atoms with Crippen LogP contribution in [0.5, 0.6) is 5.75 Å². The molecule has 138 valence electrons. The van der Waals surface area contributed by atoms with Gasteiger partial charge in [-0.15, -0.1) is 0 Å². The predicted molar refractivity (Wildman–Crippen MR) is 96.1 cm³/mol. The minimum absolute atomic E-state index is 0.172. The van der Waals surface area contributed by atoms with Gasteiger partial charge in [-0.05, 0) is 25.1 Å². The average Bonchev–Trinajstić information content (AvgIpc) is 3.10. The number of likely N-dealkylation sites (N-methyl/N-ethyl adjacent to an activating group) is 1. The van der Waals surface area contributed by atoms with Crippen LogP contribution < -0.4 is 10.1 Å². The van der Waals surface area contributed by atoms with Crippen LogP contribution in [0.3, 0.4) is 0 Å². The molecule has 0 bridgehead atoms. The Hall–Kier alpha value is -3.08. The number of urea groups is 1. The van der Waals surface area contributed by atoms with Gasteiger partial charge in [-0.3, -0.25) is 0 Å². The highest BCUT2D eigenvalue weighted by Crippen LogP contribution is 2.22. The number of anilines is 1. The summed E-state index contributed by atoms with van der Waals surface area (Å²) in [5, 5.41) is 15.9. The molecule has 1 aromatic heterocycles. The molecule has 1 N–H and O–H groups in total. The molecule has 0 saturated heterocycles. The van der Waals surface area contributed by atoms with Crippen molar-refractivity contribution in [1.29, 1.82) is 5.26 Å². The molecule has 0 aliphatic heterocycles. The zero-order chi connectivity index (χ0) is 19.1. The van der Waals surface area contributed by atoms with Crippen LogP contribution in [0.15, 0.2) is 22.7 Å². The van der Waals surface area contributed by atoms with E-state index in [1.807, 2.05) is 20.8 Å². The molecule has 0 saturated carbocycles. The summed E-state index contributed by atoms with van der Waals surface area (Å²) in [6.07, 6.45) is 0.493. The van der Waals surface area contributed by atoms with Gasteiger partial charge < -0.3 is 19.5 Å². The highest BCUT2D eigenvalue weighted by molar-refractivity contribution is 5.89. The number of aromatic nitrogens is 2. The summed E-state index contributed by atoms with van der Waals surface area (Å²) in [7, 11) is 1.68. The van der Waals surface area contributed by atoms with E-state index in [2.05, 4.69) is 21.5 Å². The molecule has 1 heterocycles. The number of ether oxygens (including phenoxy) is 1. The average molecular weight is 357 g/mol. The lowest BCUT2D eigenvalue weighted by Gasteiger charge is -2.17. The van der Waals surface area contributed by atoms with Gasteiger partial charge in [0.2, 0.25) is 5.89 Å². The Morgan fingerprint density at radius 1 is 1.46 bits per heavy atom. The highest BCUT2D eigenvalue weighted by Gasteiger charge is 2.14. The van der Waals surface area contributed by atoms with Crippen molar-refractivity contribution in [2.24, 2.45) is 0 Å². The fraction of sp³-hybridized carbons (Fsp3) is 0.444. The molecule has 0 aliphatic rings. The first-order valence-corrected chi connectivity index (χ1v) is 8.46. The largest absolute Gasteiger partial charge is 0.492 e. The number of nitriles is 1. The molecule has 2 rings (SSSR count). The van der Waals surface area contributed by atoms with Crippen LogP contribution in [0, 0.1) is 11.3 Å². The Labute approximate surface area is 152 Å². The van der Waals surface area contributed by atoms with E-state index >= 15 is 0 Å². The number of amides is 2. The van der Waals surface area contributed by atoms with Crippen LogP contribution in [-0.2, 0) is 6.42 Å². The summed E-state index contributed by atoms with van der Waals surface area (Å²) < 4.78 is 10.5. The zero-order valence-corrected chi connectivity index (χ0v) is 15.4. The zero-order valence-electron chi connectivity index (χ0n) is 15.4. The van der Waals surface area contributed by atoms with Gasteiger partial charge in [-0.25, -0.2) is 4.79 Å². The van der Waals surface area contributed by atoms with Gasteiger partial charge in [0.25, 0.3) is 0 Å². The monoisotopic (exact) mass is 357 g/mol. The van der Waals surface area contributed by atoms with Gasteiger partial charge in [0.15, 0.2) is 5.82 Å². The van der Waals surface area contributed by atoms with E-state index in [1.165, 1.54) is 4.90 Å². The van der Waals surface area contributed by atoms with Gasteiger partial charge in [-0.1, -0.05) is 19.0 Å². The molecule has 0 radical (unpaired) electrons. The molecular weight excluding hydrogens is 334 g/mol. The first-order valence-electron chi connectivity index (χ1n) is 8.46.